The maximum atomic E-state index is 6.23. The van der Waals surface area contributed by atoms with Gasteiger partial charge in [-0.05, 0) is 47.6 Å². The van der Waals surface area contributed by atoms with E-state index in [-0.39, 0.29) is 6.04 Å². The molecule has 1 heterocycles. The maximum absolute atomic E-state index is 6.23. The van der Waals surface area contributed by atoms with Crippen LogP contribution in [0.15, 0.2) is 90.0 Å². The average Bonchev–Trinajstić information content (AvgIpc) is 3.15. The Morgan fingerprint density at radius 3 is 2.37 bits per heavy atom. The van der Waals surface area contributed by atoms with Gasteiger partial charge in [-0.15, -0.1) is 0 Å². The number of benzene rings is 3. The van der Waals surface area contributed by atoms with E-state index in [9.17, 15) is 0 Å². The second kappa shape index (κ2) is 7.91. The number of hydrogen-bond donors (Lipinski definition) is 1. The molecule has 3 aromatic carbocycles. The standard InChI is InChI=1S/C22H18ClN3S/c23-18-11-7-10-17(14-18)21-15-20(16-8-3-1-4-9-16)25-26(21)22(27)24-19-12-5-2-6-13-19/h1-14,21H,15H2,(H,24,27). The highest BCUT2D eigenvalue weighted by Crippen LogP contribution is 2.34. The highest BCUT2D eigenvalue weighted by atomic mass is 35.5. The molecule has 0 radical (unpaired) electrons. The molecule has 0 saturated carbocycles. The summed E-state index contributed by atoms with van der Waals surface area (Å²) in [4.78, 5) is 0. The van der Waals surface area contributed by atoms with Crippen molar-refractivity contribution >= 4 is 40.3 Å². The summed E-state index contributed by atoms with van der Waals surface area (Å²) in [5.74, 6) is 0. The van der Waals surface area contributed by atoms with Crippen molar-refractivity contribution in [2.24, 2.45) is 5.10 Å². The monoisotopic (exact) mass is 391 g/mol. The first kappa shape index (κ1) is 17.7. The summed E-state index contributed by atoms with van der Waals surface area (Å²) < 4.78 is 0. The molecule has 0 saturated heterocycles. The maximum Gasteiger partial charge on any atom is 0.194 e. The van der Waals surface area contributed by atoms with Gasteiger partial charge >= 0.3 is 0 Å². The quantitative estimate of drug-likeness (QED) is 0.564. The molecule has 0 aromatic heterocycles. The van der Waals surface area contributed by atoms with E-state index in [4.69, 9.17) is 28.9 Å². The third-order valence-corrected chi connectivity index (χ3v) is 5.01. The average molecular weight is 392 g/mol. The van der Waals surface area contributed by atoms with Crippen LogP contribution in [0.25, 0.3) is 0 Å². The van der Waals surface area contributed by atoms with Crippen molar-refractivity contribution in [3.05, 3.63) is 101 Å². The normalized spacial score (nSPS) is 16.1. The number of nitrogens with one attached hydrogen (secondary N) is 1. The summed E-state index contributed by atoms with van der Waals surface area (Å²) in [5.41, 5.74) is 4.15. The number of thiocarbonyl (C=S) groups is 1. The van der Waals surface area contributed by atoms with E-state index in [0.717, 1.165) is 28.9 Å². The van der Waals surface area contributed by atoms with Crippen molar-refractivity contribution in [3.8, 4) is 0 Å². The van der Waals surface area contributed by atoms with Crippen LogP contribution in [0, 0.1) is 0 Å². The molecule has 1 unspecified atom stereocenters. The Morgan fingerprint density at radius 1 is 0.963 bits per heavy atom. The van der Waals surface area contributed by atoms with Crippen LogP contribution in [-0.2, 0) is 0 Å². The molecular weight excluding hydrogens is 374 g/mol. The van der Waals surface area contributed by atoms with Crippen LogP contribution in [-0.4, -0.2) is 15.8 Å². The Balaban J connectivity index is 1.66. The molecule has 4 rings (SSSR count). The second-order valence-corrected chi connectivity index (χ2v) is 7.15. The molecule has 0 spiro atoms. The molecule has 5 heteroatoms. The van der Waals surface area contributed by atoms with E-state index < -0.39 is 0 Å². The van der Waals surface area contributed by atoms with Gasteiger partial charge in [0.15, 0.2) is 5.11 Å². The van der Waals surface area contributed by atoms with Gasteiger partial charge in [-0.3, -0.25) is 0 Å². The summed E-state index contributed by atoms with van der Waals surface area (Å²) in [7, 11) is 0. The van der Waals surface area contributed by atoms with Crippen molar-refractivity contribution in [2.45, 2.75) is 12.5 Å². The van der Waals surface area contributed by atoms with Crippen LogP contribution in [0.2, 0.25) is 5.02 Å². The summed E-state index contributed by atoms with van der Waals surface area (Å²) in [6, 6.07) is 28.0. The molecule has 0 aliphatic carbocycles. The van der Waals surface area contributed by atoms with Gasteiger partial charge in [0.2, 0.25) is 0 Å². The fraction of sp³-hybridized carbons (Fsp3) is 0.0909. The van der Waals surface area contributed by atoms with Gasteiger partial charge in [0.1, 0.15) is 0 Å². The molecule has 0 fully saturated rings. The Labute approximate surface area is 169 Å². The first-order valence-corrected chi connectivity index (χ1v) is 9.53. The summed E-state index contributed by atoms with van der Waals surface area (Å²) in [6.45, 7) is 0. The molecule has 1 atom stereocenters. The predicted octanol–water partition coefficient (Wildman–Crippen LogP) is 5.89. The van der Waals surface area contributed by atoms with Crippen molar-refractivity contribution < 1.29 is 0 Å². The molecular formula is C22H18ClN3S. The van der Waals surface area contributed by atoms with Crippen LogP contribution >= 0.6 is 23.8 Å². The highest BCUT2D eigenvalue weighted by molar-refractivity contribution is 7.80. The lowest BCUT2D eigenvalue weighted by molar-refractivity contribution is 0.375. The molecule has 0 amide bonds. The van der Waals surface area contributed by atoms with Gasteiger partial charge in [0.05, 0.1) is 11.8 Å². The fourth-order valence-corrected chi connectivity index (χ4v) is 3.66. The fourth-order valence-electron chi connectivity index (χ4n) is 3.18. The Morgan fingerprint density at radius 2 is 1.67 bits per heavy atom. The SMILES string of the molecule is S=C(Nc1ccccc1)N1N=C(c2ccccc2)CC1c1cccc(Cl)c1. The van der Waals surface area contributed by atoms with Crippen molar-refractivity contribution in [3.63, 3.8) is 0 Å². The largest absolute Gasteiger partial charge is 0.331 e. The third kappa shape index (κ3) is 4.02. The number of rotatable bonds is 3. The van der Waals surface area contributed by atoms with Crippen molar-refractivity contribution in [2.75, 3.05) is 5.32 Å². The minimum Gasteiger partial charge on any atom is -0.331 e. The lowest BCUT2D eigenvalue weighted by Crippen LogP contribution is -2.31. The molecule has 27 heavy (non-hydrogen) atoms. The molecule has 1 aliphatic rings. The zero-order valence-electron chi connectivity index (χ0n) is 14.5. The van der Waals surface area contributed by atoms with Crippen LogP contribution in [0.4, 0.5) is 5.69 Å². The van der Waals surface area contributed by atoms with Crippen LogP contribution < -0.4 is 5.32 Å². The van der Waals surface area contributed by atoms with Gasteiger partial charge in [0.25, 0.3) is 0 Å². The van der Waals surface area contributed by atoms with E-state index in [1.54, 1.807) is 0 Å². The summed E-state index contributed by atoms with van der Waals surface area (Å²) in [5, 5.41) is 11.3. The van der Waals surface area contributed by atoms with Crippen LogP contribution in [0.5, 0.6) is 0 Å². The topological polar surface area (TPSA) is 27.6 Å². The number of para-hydroxylation sites is 1. The zero-order chi connectivity index (χ0) is 18.6. The van der Waals surface area contributed by atoms with E-state index in [2.05, 4.69) is 23.5 Å². The van der Waals surface area contributed by atoms with E-state index in [1.165, 1.54) is 0 Å². The number of nitrogens with zero attached hydrogens (tertiary/aromatic N) is 2. The Kier molecular flexibility index (Phi) is 5.19. The van der Waals surface area contributed by atoms with E-state index >= 15 is 0 Å². The minimum absolute atomic E-state index is 0.00242. The zero-order valence-corrected chi connectivity index (χ0v) is 16.1. The van der Waals surface area contributed by atoms with E-state index in [1.807, 2.05) is 71.7 Å². The van der Waals surface area contributed by atoms with Crippen molar-refractivity contribution in [1.82, 2.24) is 5.01 Å². The Bertz CT molecular complexity index is 973. The van der Waals surface area contributed by atoms with Gasteiger partial charge in [-0.2, -0.15) is 5.10 Å². The molecule has 1 N–H and O–H groups in total. The first-order valence-electron chi connectivity index (χ1n) is 8.74. The van der Waals surface area contributed by atoms with Gasteiger partial charge in [-0.25, -0.2) is 5.01 Å². The minimum atomic E-state index is 0.00242. The lowest BCUT2D eigenvalue weighted by atomic mass is 9.98. The smallest absolute Gasteiger partial charge is 0.194 e. The molecule has 0 bridgehead atoms. The van der Waals surface area contributed by atoms with Gasteiger partial charge < -0.3 is 5.32 Å². The van der Waals surface area contributed by atoms with Gasteiger partial charge in [0, 0.05) is 17.1 Å². The first-order chi connectivity index (χ1) is 13.2. The molecule has 1 aliphatic heterocycles. The predicted molar refractivity (Wildman–Crippen MR) is 116 cm³/mol. The molecule has 3 nitrogen and oxygen atoms in total. The van der Waals surface area contributed by atoms with Crippen LogP contribution in [0.1, 0.15) is 23.6 Å². The highest BCUT2D eigenvalue weighted by Gasteiger charge is 2.31. The summed E-state index contributed by atoms with van der Waals surface area (Å²) >= 11 is 11.9. The number of hydrogen-bond acceptors (Lipinski definition) is 2. The lowest BCUT2D eigenvalue weighted by Gasteiger charge is -2.25. The van der Waals surface area contributed by atoms with Gasteiger partial charge in [-0.1, -0.05) is 72.3 Å². The number of anilines is 1. The molecule has 134 valence electrons. The van der Waals surface area contributed by atoms with E-state index in [0.29, 0.717) is 10.1 Å². The Hall–Kier alpha value is -2.69. The van der Waals surface area contributed by atoms with Crippen LogP contribution in [0.3, 0.4) is 0 Å². The number of hydrazone groups is 1. The third-order valence-electron chi connectivity index (χ3n) is 4.48. The molecule has 3 aromatic rings. The van der Waals surface area contributed by atoms with Crippen molar-refractivity contribution in [1.29, 1.82) is 0 Å². The summed E-state index contributed by atoms with van der Waals surface area (Å²) in [6.07, 6.45) is 0.765. The number of halogens is 1. The second-order valence-electron chi connectivity index (χ2n) is 6.33.